The summed E-state index contributed by atoms with van der Waals surface area (Å²) in [5.74, 6) is -2.68. The molecule has 2 aromatic heterocycles. The van der Waals surface area contributed by atoms with E-state index in [0.717, 1.165) is 17.4 Å². The van der Waals surface area contributed by atoms with Gasteiger partial charge in [-0.1, -0.05) is 17.4 Å². The molecule has 0 radical (unpaired) electrons. The molecular weight excluding hydrogens is 417 g/mol. The monoisotopic (exact) mass is 431 g/mol. The van der Waals surface area contributed by atoms with E-state index < -0.39 is 29.3 Å². The Kier molecular flexibility index (Phi) is 4.89. The largest absolute Gasteiger partial charge is 0.507 e. The number of nitrogens with zero attached hydrogens (tertiary/aromatic N) is 3. The van der Waals surface area contributed by atoms with Gasteiger partial charge in [0.1, 0.15) is 28.4 Å². The van der Waals surface area contributed by atoms with Crippen molar-refractivity contribution in [1.29, 1.82) is 0 Å². The first-order valence-corrected chi connectivity index (χ1v) is 10.1. The number of methoxy groups -OCH3 is 1. The van der Waals surface area contributed by atoms with Crippen LogP contribution in [0.5, 0.6) is 5.75 Å². The first kappa shape index (κ1) is 19.2. The zero-order valence-corrected chi connectivity index (χ0v) is 16.9. The maximum atomic E-state index is 13.9. The van der Waals surface area contributed by atoms with Gasteiger partial charge in [0.2, 0.25) is 5.13 Å². The Morgan fingerprint density at radius 3 is 2.69 bits per heavy atom. The number of benzene rings is 1. The number of carbonyl (C=O) groups excluding carboxylic acids is 2. The highest BCUT2D eigenvalue weighted by Crippen LogP contribution is 2.45. The van der Waals surface area contributed by atoms with E-state index >= 15 is 0 Å². The summed E-state index contributed by atoms with van der Waals surface area (Å²) in [7, 11) is 1.36. The van der Waals surface area contributed by atoms with Crippen molar-refractivity contribution in [3.05, 3.63) is 62.6 Å². The summed E-state index contributed by atoms with van der Waals surface area (Å²) < 4.78 is 19.0. The molecule has 3 heterocycles. The van der Waals surface area contributed by atoms with Crippen molar-refractivity contribution in [3.63, 3.8) is 0 Å². The second kappa shape index (κ2) is 7.37. The van der Waals surface area contributed by atoms with Gasteiger partial charge in [-0.25, -0.2) is 4.39 Å². The maximum absolute atomic E-state index is 13.9. The van der Waals surface area contributed by atoms with Gasteiger partial charge in [-0.3, -0.25) is 14.5 Å². The van der Waals surface area contributed by atoms with Gasteiger partial charge < -0.3 is 9.84 Å². The molecule has 1 atom stereocenters. The highest BCUT2D eigenvalue weighted by Gasteiger charge is 2.49. The fourth-order valence-electron chi connectivity index (χ4n) is 3.14. The van der Waals surface area contributed by atoms with E-state index in [1.165, 1.54) is 35.5 Å². The van der Waals surface area contributed by atoms with Crippen LogP contribution in [-0.2, 0) is 9.59 Å². The Morgan fingerprint density at radius 2 is 2.07 bits per heavy atom. The van der Waals surface area contributed by atoms with Crippen molar-refractivity contribution < 1.29 is 23.8 Å². The van der Waals surface area contributed by atoms with Crippen LogP contribution < -0.4 is 9.64 Å². The van der Waals surface area contributed by atoms with Gasteiger partial charge in [0.25, 0.3) is 5.78 Å². The van der Waals surface area contributed by atoms with E-state index in [1.807, 2.05) is 0 Å². The lowest BCUT2D eigenvalue weighted by Gasteiger charge is -2.21. The maximum Gasteiger partial charge on any atom is 0.301 e. The highest BCUT2D eigenvalue weighted by atomic mass is 32.1. The second-order valence-electron chi connectivity index (χ2n) is 6.13. The summed E-state index contributed by atoms with van der Waals surface area (Å²) >= 11 is 2.48. The zero-order chi connectivity index (χ0) is 20.7. The van der Waals surface area contributed by atoms with Gasteiger partial charge in [-0.05, 0) is 36.6 Å². The normalized spacial score (nSPS) is 18.4. The fourth-order valence-corrected chi connectivity index (χ4v) is 4.68. The van der Waals surface area contributed by atoms with Crippen LogP contribution in [-0.4, -0.2) is 34.1 Å². The molecule has 0 bridgehead atoms. The fraction of sp³-hybridized carbons (Fsp3) is 0.158. The molecule has 148 valence electrons. The summed E-state index contributed by atoms with van der Waals surface area (Å²) in [5, 5.41) is 21.6. The number of aryl methyl sites for hydroxylation is 1. The lowest BCUT2D eigenvalue weighted by Crippen LogP contribution is -2.29. The van der Waals surface area contributed by atoms with E-state index in [-0.39, 0.29) is 22.0 Å². The number of hydrogen-bond acceptors (Lipinski definition) is 8. The Morgan fingerprint density at radius 1 is 1.28 bits per heavy atom. The van der Waals surface area contributed by atoms with Gasteiger partial charge in [0.05, 0.1) is 18.2 Å². The average Bonchev–Trinajstić information content (AvgIpc) is 3.42. The standard InChI is InChI=1S/C19H14FN3O4S2/c1-9-21-22-19(29-9)23-15(13-4-3-7-28-13)14(17(25)18(23)26)16(24)11-8-10(20)5-6-12(11)27-2/h3-8,15,24H,1-2H3/b16-14+. The van der Waals surface area contributed by atoms with Gasteiger partial charge in [-0.2, -0.15) is 0 Å². The molecule has 0 saturated carbocycles. The predicted octanol–water partition coefficient (Wildman–Crippen LogP) is 3.68. The summed E-state index contributed by atoms with van der Waals surface area (Å²) in [6.07, 6.45) is 0. The average molecular weight is 431 g/mol. The number of aliphatic hydroxyl groups is 1. The van der Waals surface area contributed by atoms with Crippen molar-refractivity contribution in [2.45, 2.75) is 13.0 Å². The Bertz CT molecular complexity index is 1140. The van der Waals surface area contributed by atoms with E-state index in [9.17, 15) is 19.1 Å². The highest BCUT2D eigenvalue weighted by molar-refractivity contribution is 7.15. The van der Waals surface area contributed by atoms with Crippen molar-refractivity contribution in [2.75, 3.05) is 12.0 Å². The Balaban J connectivity index is 1.96. The van der Waals surface area contributed by atoms with Crippen LogP contribution in [0.3, 0.4) is 0 Å². The number of aromatic nitrogens is 2. The summed E-state index contributed by atoms with van der Waals surface area (Å²) in [4.78, 5) is 27.6. The molecule has 7 nitrogen and oxygen atoms in total. The number of amides is 1. The molecule has 1 aromatic carbocycles. The summed E-state index contributed by atoms with van der Waals surface area (Å²) in [5.41, 5.74) is -0.172. The molecule has 1 unspecified atom stereocenters. The number of carbonyl (C=O) groups is 2. The molecule has 10 heteroatoms. The lowest BCUT2D eigenvalue weighted by atomic mass is 9.99. The van der Waals surface area contributed by atoms with Crippen molar-refractivity contribution in [1.82, 2.24) is 10.2 Å². The smallest absolute Gasteiger partial charge is 0.301 e. The number of rotatable bonds is 4. The third-order valence-electron chi connectivity index (χ3n) is 4.40. The van der Waals surface area contributed by atoms with Crippen LogP contribution in [0.15, 0.2) is 41.3 Å². The molecule has 4 rings (SSSR count). The number of aliphatic hydroxyl groups excluding tert-OH is 1. The summed E-state index contributed by atoms with van der Waals surface area (Å²) in [6.45, 7) is 1.73. The number of anilines is 1. The van der Waals surface area contributed by atoms with Crippen molar-refractivity contribution in [2.24, 2.45) is 0 Å². The predicted molar refractivity (Wildman–Crippen MR) is 107 cm³/mol. The lowest BCUT2D eigenvalue weighted by molar-refractivity contribution is -0.132. The molecule has 1 saturated heterocycles. The van der Waals surface area contributed by atoms with E-state index in [1.54, 1.807) is 24.4 Å². The quantitative estimate of drug-likeness (QED) is 0.385. The van der Waals surface area contributed by atoms with Crippen LogP contribution in [0.1, 0.15) is 21.5 Å². The molecule has 1 aliphatic rings. The minimum atomic E-state index is -0.907. The molecule has 1 amide bonds. The first-order chi connectivity index (χ1) is 13.9. The van der Waals surface area contributed by atoms with Gasteiger partial charge in [0.15, 0.2) is 0 Å². The molecule has 0 aliphatic carbocycles. The third-order valence-corrected chi connectivity index (χ3v) is 6.16. The minimum Gasteiger partial charge on any atom is -0.507 e. The van der Waals surface area contributed by atoms with Crippen LogP contribution in [0.4, 0.5) is 9.52 Å². The second-order valence-corrected chi connectivity index (χ2v) is 8.27. The van der Waals surface area contributed by atoms with Crippen LogP contribution in [0.2, 0.25) is 0 Å². The Hall–Kier alpha value is -3.11. The summed E-state index contributed by atoms with van der Waals surface area (Å²) in [6, 6.07) is 6.19. The van der Waals surface area contributed by atoms with E-state index in [0.29, 0.717) is 9.88 Å². The van der Waals surface area contributed by atoms with E-state index in [4.69, 9.17) is 4.74 Å². The number of Topliss-reactive ketones (excluding diaryl/α,β-unsaturated/α-hetero) is 1. The van der Waals surface area contributed by atoms with Crippen LogP contribution in [0, 0.1) is 12.7 Å². The molecule has 1 fully saturated rings. The SMILES string of the molecule is COc1ccc(F)cc1/C(O)=C1\C(=O)C(=O)N(c2nnc(C)s2)C1c1cccs1. The molecular formula is C19H14FN3O4S2. The number of halogens is 1. The number of ketones is 1. The Labute approximate surface area is 172 Å². The zero-order valence-electron chi connectivity index (χ0n) is 15.2. The van der Waals surface area contributed by atoms with Gasteiger partial charge >= 0.3 is 5.91 Å². The van der Waals surface area contributed by atoms with Crippen LogP contribution >= 0.6 is 22.7 Å². The van der Waals surface area contributed by atoms with Crippen LogP contribution in [0.25, 0.3) is 5.76 Å². The van der Waals surface area contributed by atoms with Gasteiger partial charge in [-0.15, -0.1) is 21.5 Å². The van der Waals surface area contributed by atoms with Gasteiger partial charge in [0, 0.05) is 4.88 Å². The van der Waals surface area contributed by atoms with Crippen molar-refractivity contribution >= 4 is 45.3 Å². The molecule has 0 spiro atoms. The van der Waals surface area contributed by atoms with E-state index in [2.05, 4.69) is 10.2 Å². The molecule has 29 heavy (non-hydrogen) atoms. The third kappa shape index (κ3) is 3.19. The first-order valence-electron chi connectivity index (χ1n) is 8.40. The molecule has 1 N–H and O–H groups in total. The molecule has 1 aliphatic heterocycles. The topological polar surface area (TPSA) is 92.6 Å². The van der Waals surface area contributed by atoms with Crippen molar-refractivity contribution in [3.8, 4) is 5.75 Å². The number of ether oxygens (including phenoxy) is 1. The minimum absolute atomic E-state index is 0.0134. The molecule has 3 aromatic rings. The number of thiophene rings is 1. The number of hydrogen-bond donors (Lipinski definition) is 1.